The van der Waals surface area contributed by atoms with E-state index in [0.717, 1.165) is 37.1 Å². The molecule has 1 aromatic heterocycles. The largest absolute Gasteiger partial charge is 0.565 e. The Bertz CT molecular complexity index is 1390. The van der Waals surface area contributed by atoms with Gasteiger partial charge in [-0.15, -0.1) is 0 Å². The van der Waals surface area contributed by atoms with Crippen LogP contribution in [-0.2, 0) is 4.65 Å². The van der Waals surface area contributed by atoms with Crippen molar-refractivity contribution in [3.05, 3.63) is 62.8 Å². The van der Waals surface area contributed by atoms with Gasteiger partial charge in [0, 0.05) is 29.8 Å². The lowest BCUT2D eigenvalue weighted by Gasteiger charge is -2.37. The molecule has 0 amide bonds. The molecule has 0 aliphatic carbocycles. The molecular formula is C27H31BN2O5. The maximum Gasteiger partial charge on any atom is 0.565 e. The van der Waals surface area contributed by atoms with Crippen molar-refractivity contribution in [1.82, 2.24) is 0 Å². The van der Waals surface area contributed by atoms with Crippen LogP contribution >= 0.6 is 0 Å². The van der Waals surface area contributed by atoms with Gasteiger partial charge in [0.25, 0.3) is 0 Å². The highest BCUT2D eigenvalue weighted by Gasteiger charge is 2.38. The molecule has 5 rings (SSSR count). The summed E-state index contributed by atoms with van der Waals surface area (Å²) in [7, 11) is -1.31. The second-order valence-corrected chi connectivity index (χ2v) is 10.6. The van der Waals surface area contributed by atoms with Crippen molar-refractivity contribution < 1.29 is 18.9 Å². The maximum absolute atomic E-state index is 13.4. The van der Waals surface area contributed by atoms with Crippen LogP contribution in [0, 0.1) is 19.3 Å². The first kappa shape index (κ1) is 23.5. The molecule has 3 heterocycles. The van der Waals surface area contributed by atoms with Gasteiger partial charge in [0.15, 0.2) is 5.43 Å². The van der Waals surface area contributed by atoms with E-state index in [2.05, 4.69) is 24.1 Å². The quantitative estimate of drug-likeness (QED) is 0.551. The number of hydrogen-bond donors (Lipinski definition) is 2. The summed E-state index contributed by atoms with van der Waals surface area (Å²) in [6, 6.07) is 8.82. The summed E-state index contributed by atoms with van der Waals surface area (Å²) < 4.78 is 11.5. The van der Waals surface area contributed by atoms with Crippen molar-refractivity contribution in [3.63, 3.8) is 0 Å². The van der Waals surface area contributed by atoms with Crippen molar-refractivity contribution >= 4 is 41.1 Å². The Balaban J connectivity index is 1.58. The van der Waals surface area contributed by atoms with Gasteiger partial charge in [-0.3, -0.25) is 4.79 Å². The van der Waals surface area contributed by atoms with E-state index >= 15 is 0 Å². The highest BCUT2D eigenvalue weighted by atomic mass is 16.6. The van der Waals surface area contributed by atoms with Gasteiger partial charge in [0.2, 0.25) is 5.88 Å². The summed E-state index contributed by atoms with van der Waals surface area (Å²) in [5.74, 6) is 0.103. The molecule has 182 valence electrons. The van der Waals surface area contributed by atoms with Crippen LogP contribution in [0.25, 0.3) is 11.0 Å². The lowest BCUT2D eigenvalue weighted by Crippen LogP contribution is -2.38. The van der Waals surface area contributed by atoms with Crippen LogP contribution in [0.15, 0.2) is 39.5 Å². The van der Waals surface area contributed by atoms with Gasteiger partial charge < -0.3 is 24.3 Å². The van der Waals surface area contributed by atoms with Crippen molar-refractivity contribution in [2.75, 3.05) is 23.3 Å². The number of carbonyl (C=O) groups is 1. The van der Waals surface area contributed by atoms with Crippen LogP contribution in [0.3, 0.4) is 0 Å². The minimum Gasteiger partial charge on any atom is -0.502 e. The molecule has 0 spiro atoms. The third kappa shape index (κ3) is 4.10. The SMILES string of the molecule is Cc1cc(C(C)Nc2cccc3c2B(O)OC3=O)c2oc(N3CCC(C)(C)CC3)c(C)c(=O)c2c1. The summed E-state index contributed by atoms with van der Waals surface area (Å²) >= 11 is 0. The molecule has 2 N–H and O–H groups in total. The van der Waals surface area contributed by atoms with Gasteiger partial charge in [-0.2, -0.15) is 0 Å². The molecule has 0 saturated carbocycles. The van der Waals surface area contributed by atoms with Crippen molar-refractivity contribution in [2.45, 2.75) is 53.5 Å². The normalized spacial score (nSPS) is 17.9. The lowest BCUT2D eigenvalue weighted by atomic mass is 9.78. The van der Waals surface area contributed by atoms with Crippen molar-refractivity contribution in [2.24, 2.45) is 5.41 Å². The van der Waals surface area contributed by atoms with E-state index in [0.29, 0.717) is 39.1 Å². The number of rotatable bonds is 4. The number of carbonyl (C=O) groups excluding carboxylic acids is 1. The Hall–Kier alpha value is -3.26. The van der Waals surface area contributed by atoms with Crippen molar-refractivity contribution in [3.8, 4) is 0 Å². The molecule has 7 nitrogen and oxygen atoms in total. The minimum atomic E-state index is -1.31. The molecule has 1 unspecified atom stereocenters. The molecular weight excluding hydrogens is 443 g/mol. The third-order valence-electron chi connectivity index (χ3n) is 7.40. The second-order valence-electron chi connectivity index (χ2n) is 10.6. The average Bonchev–Trinajstić information content (AvgIpc) is 3.10. The number of aryl methyl sites for hydroxylation is 1. The van der Waals surface area contributed by atoms with E-state index in [9.17, 15) is 14.6 Å². The van der Waals surface area contributed by atoms with Crippen LogP contribution in [0.2, 0.25) is 0 Å². The fraction of sp³-hybridized carbons (Fsp3) is 0.407. The number of hydrogen-bond acceptors (Lipinski definition) is 7. The number of benzene rings is 2. The molecule has 0 bridgehead atoms. The first-order valence-electron chi connectivity index (χ1n) is 12.2. The summed E-state index contributed by atoms with van der Waals surface area (Å²) in [6.45, 7) is 12.0. The third-order valence-corrected chi connectivity index (χ3v) is 7.40. The number of nitrogens with one attached hydrogen (secondary N) is 1. The van der Waals surface area contributed by atoms with Gasteiger partial charge >= 0.3 is 13.1 Å². The zero-order valence-electron chi connectivity index (χ0n) is 20.9. The second kappa shape index (κ2) is 8.45. The van der Waals surface area contributed by atoms with Crippen LogP contribution in [-0.4, -0.2) is 31.2 Å². The predicted octanol–water partition coefficient (Wildman–Crippen LogP) is 4.07. The van der Waals surface area contributed by atoms with E-state index in [1.807, 2.05) is 32.9 Å². The molecule has 8 heteroatoms. The number of anilines is 2. The maximum atomic E-state index is 13.4. The summed E-state index contributed by atoms with van der Waals surface area (Å²) in [5, 5.41) is 14.2. The standard InChI is InChI=1S/C27H31BN2O5/c1-15-13-19(17(3)29-21-8-6-7-18-22(21)28(33)35-26(18)32)24-20(14-15)23(31)16(2)25(34-24)30-11-9-27(4,5)10-12-30/h6-8,13-14,17,29,33H,9-12H2,1-5H3. The molecule has 2 aliphatic heterocycles. The Morgan fingerprint density at radius 2 is 1.86 bits per heavy atom. The zero-order chi connectivity index (χ0) is 25.1. The van der Waals surface area contributed by atoms with E-state index in [1.54, 1.807) is 18.2 Å². The number of nitrogens with zero attached hydrogens (tertiary/aromatic N) is 1. The van der Waals surface area contributed by atoms with Gasteiger partial charge in [0.1, 0.15) is 5.58 Å². The number of piperidine rings is 1. The Labute approximate surface area is 205 Å². The van der Waals surface area contributed by atoms with Gasteiger partial charge in [-0.25, -0.2) is 4.79 Å². The first-order valence-corrected chi connectivity index (χ1v) is 12.2. The predicted molar refractivity (Wildman–Crippen MR) is 139 cm³/mol. The molecule has 1 atom stereocenters. The Kier molecular flexibility index (Phi) is 5.67. The van der Waals surface area contributed by atoms with Gasteiger partial charge in [-0.1, -0.05) is 26.0 Å². The molecule has 3 aromatic rings. The molecule has 2 aliphatic rings. The van der Waals surface area contributed by atoms with E-state index in [4.69, 9.17) is 9.07 Å². The molecule has 35 heavy (non-hydrogen) atoms. The molecule has 2 aromatic carbocycles. The summed E-state index contributed by atoms with van der Waals surface area (Å²) in [6.07, 6.45) is 2.07. The Morgan fingerprint density at radius 1 is 1.14 bits per heavy atom. The highest BCUT2D eigenvalue weighted by molar-refractivity contribution is 6.68. The summed E-state index contributed by atoms with van der Waals surface area (Å²) in [5.41, 5.74) is 4.64. The zero-order valence-corrected chi connectivity index (χ0v) is 20.9. The average molecular weight is 474 g/mol. The molecule has 1 fully saturated rings. The van der Waals surface area contributed by atoms with E-state index < -0.39 is 13.1 Å². The van der Waals surface area contributed by atoms with E-state index in [1.165, 1.54) is 0 Å². The topological polar surface area (TPSA) is 92.0 Å². The van der Waals surface area contributed by atoms with Crippen LogP contribution < -0.4 is 21.1 Å². The van der Waals surface area contributed by atoms with Crippen LogP contribution in [0.5, 0.6) is 0 Å². The van der Waals surface area contributed by atoms with E-state index in [-0.39, 0.29) is 16.9 Å². The Morgan fingerprint density at radius 3 is 2.57 bits per heavy atom. The molecule has 1 saturated heterocycles. The highest BCUT2D eigenvalue weighted by Crippen LogP contribution is 2.36. The van der Waals surface area contributed by atoms with Crippen LogP contribution in [0.1, 0.15) is 66.7 Å². The smallest absolute Gasteiger partial charge is 0.502 e. The van der Waals surface area contributed by atoms with Gasteiger partial charge in [-0.05, 0) is 62.8 Å². The minimum absolute atomic E-state index is 0.0155. The fourth-order valence-electron chi connectivity index (χ4n) is 5.16. The summed E-state index contributed by atoms with van der Waals surface area (Å²) in [4.78, 5) is 27.7. The molecule has 0 radical (unpaired) electrons. The number of fused-ring (bicyclic) bond motifs is 2. The fourth-order valence-corrected chi connectivity index (χ4v) is 5.16. The monoisotopic (exact) mass is 474 g/mol. The van der Waals surface area contributed by atoms with Crippen LogP contribution in [0.4, 0.5) is 11.6 Å². The van der Waals surface area contributed by atoms with Crippen molar-refractivity contribution in [1.29, 1.82) is 0 Å². The lowest BCUT2D eigenvalue weighted by molar-refractivity contribution is 0.0728. The first-order chi connectivity index (χ1) is 16.6. The van der Waals surface area contributed by atoms with Gasteiger partial charge in [0.05, 0.1) is 22.6 Å².